The number of carbonyl (C=O) groups is 1. The molecule has 5 heteroatoms. The second-order valence-corrected chi connectivity index (χ2v) is 4.76. The third-order valence-electron chi connectivity index (χ3n) is 3.27. The highest BCUT2D eigenvalue weighted by Gasteiger charge is 2.19. The Morgan fingerprint density at radius 1 is 1.24 bits per heavy atom. The summed E-state index contributed by atoms with van der Waals surface area (Å²) in [5, 5.41) is 0. The number of amides is 1. The van der Waals surface area contributed by atoms with Gasteiger partial charge in [0, 0.05) is 18.4 Å². The van der Waals surface area contributed by atoms with E-state index in [9.17, 15) is 9.18 Å². The highest BCUT2D eigenvalue weighted by Crippen LogP contribution is 2.23. The Morgan fingerprint density at radius 2 is 1.86 bits per heavy atom. The summed E-state index contributed by atoms with van der Waals surface area (Å²) >= 11 is 0. The lowest BCUT2D eigenvalue weighted by molar-refractivity contribution is 0.0989. The van der Waals surface area contributed by atoms with Crippen LogP contribution >= 0.6 is 0 Å². The number of nitrogens with zero attached hydrogens (tertiary/aromatic N) is 1. The summed E-state index contributed by atoms with van der Waals surface area (Å²) in [6.07, 6.45) is 0. The van der Waals surface area contributed by atoms with Crippen LogP contribution in [0.5, 0.6) is 5.75 Å². The molecule has 2 rings (SSSR count). The monoisotopic (exact) mass is 288 g/mol. The summed E-state index contributed by atoms with van der Waals surface area (Å²) in [5.41, 5.74) is 7.00. The van der Waals surface area contributed by atoms with Crippen LogP contribution in [0.2, 0.25) is 0 Å². The Labute approximate surface area is 122 Å². The zero-order valence-electron chi connectivity index (χ0n) is 12.2. The van der Waals surface area contributed by atoms with Crippen LogP contribution < -0.4 is 15.4 Å². The number of nitrogens with two attached hydrogens (primary N) is 1. The van der Waals surface area contributed by atoms with Gasteiger partial charge in [-0.15, -0.1) is 0 Å². The van der Waals surface area contributed by atoms with E-state index < -0.39 is 11.7 Å². The van der Waals surface area contributed by atoms with Gasteiger partial charge in [0.05, 0.1) is 12.7 Å². The predicted octanol–water partition coefficient (Wildman–Crippen LogP) is 3.00. The minimum absolute atomic E-state index is 0.0363. The molecule has 0 aromatic heterocycles. The summed E-state index contributed by atoms with van der Waals surface area (Å²) in [4.78, 5) is 13.8. The molecule has 0 spiro atoms. The van der Waals surface area contributed by atoms with Gasteiger partial charge in [0.1, 0.15) is 11.6 Å². The van der Waals surface area contributed by atoms with Crippen molar-refractivity contribution in [1.29, 1.82) is 0 Å². The Balaban J connectivity index is 2.34. The minimum atomic E-state index is -0.547. The fourth-order valence-corrected chi connectivity index (χ4v) is 2.06. The molecule has 2 aromatic carbocycles. The van der Waals surface area contributed by atoms with Crippen LogP contribution in [0.3, 0.4) is 0 Å². The van der Waals surface area contributed by atoms with Gasteiger partial charge in [0.2, 0.25) is 0 Å². The topological polar surface area (TPSA) is 55.6 Å². The number of aryl methyl sites for hydroxylation is 1. The molecule has 110 valence electrons. The molecule has 0 fully saturated rings. The van der Waals surface area contributed by atoms with E-state index >= 15 is 0 Å². The van der Waals surface area contributed by atoms with E-state index in [4.69, 9.17) is 10.5 Å². The highest BCUT2D eigenvalue weighted by atomic mass is 19.1. The molecule has 4 nitrogen and oxygen atoms in total. The van der Waals surface area contributed by atoms with Gasteiger partial charge in [-0.25, -0.2) is 4.39 Å². The van der Waals surface area contributed by atoms with Crippen LogP contribution in [0.15, 0.2) is 36.4 Å². The maximum absolute atomic E-state index is 14.1. The van der Waals surface area contributed by atoms with E-state index in [1.54, 1.807) is 45.3 Å². The number of hydrogen-bond donors (Lipinski definition) is 1. The van der Waals surface area contributed by atoms with E-state index in [0.717, 1.165) is 0 Å². The molecule has 0 saturated heterocycles. The second kappa shape index (κ2) is 5.83. The molecule has 0 bridgehead atoms. The van der Waals surface area contributed by atoms with Crippen molar-refractivity contribution in [3.8, 4) is 5.75 Å². The largest absolute Gasteiger partial charge is 0.497 e. The zero-order valence-corrected chi connectivity index (χ0v) is 12.2. The lowest BCUT2D eigenvalue weighted by atomic mass is 10.1. The molecule has 21 heavy (non-hydrogen) atoms. The standard InChI is InChI=1S/C16H17FN2O2/c1-10-8-11(18)9-14(15(10)17)16(20)19(2)12-4-6-13(21-3)7-5-12/h4-9H,18H2,1-3H3. The van der Waals surface area contributed by atoms with Gasteiger partial charge in [-0.1, -0.05) is 0 Å². The van der Waals surface area contributed by atoms with Gasteiger partial charge >= 0.3 is 0 Å². The summed E-state index contributed by atoms with van der Waals surface area (Å²) in [7, 11) is 3.15. The first-order valence-corrected chi connectivity index (χ1v) is 6.41. The van der Waals surface area contributed by atoms with Crippen LogP contribution in [-0.2, 0) is 0 Å². The van der Waals surface area contributed by atoms with E-state index in [1.165, 1.54) is 17.0 Å². The fraction of sp³-hybridized carbons (Fsp3) is 0.188. The van der Waals surface area contributed by atoms with Crippen LogP contribution in [0.1, 0.15) is 15.9 Å². The molecule has 0 saturated carbocycles. The normalized spacial score (nSPS) is 10.3. The molecule has 0 aliphatic carbocycles. The molecule has 2 N–H and O–H groups in total. The van der Waals surface area contributed by atoms with Crippen LogP contribution in [0.25, 0.3) is 0 Å². The maximum Gasteiger partial charge on any atom is 0.261 e. The molecule has 0 radical (unpaired) electrons. The summed E-state index contributed by atoms with van der Waals surface area (Å²) in [5.74, 6) is -0.312. The van der Waals surface area contributed by atoms with Crippen molar-refractivity contribution in [2.75, 3.05) is 24.8 Å². The number of anilines is 2. The summed E-state index contributed by atoms with van der Waals surface area (Å²) < 4.78 is 19.2. The second-order valence-electron chi connectivity index (χ2n) is 4.76. The van der Waals surface area contributed by atoms with Crippen molar-refractivity contribution in [3.63, 3.8) is 0 Å². The number of methoxy groups -OCH3 is 1. The van der Waals surface area contributed by atoms with Crippen molar-refractivity contribution in [2.45, 2.75) is 6.92 Å². The lowest BCUT2D eigenvalue weighted by Gasteiger charge is -2.19. The van der Waals surface area contributed by atoms with Crippen molar-refractivity contribution < 1.29 is 13.9 Å². The van der Waals surface area contributed by atoms with Crippen LogP contribution in [0, 0.1) is 12.7 Å². The van der Waals surface area contributed by atoms with Crippen molar-refractivity contribution in [3.05, 3.63) is 53.3 Å². The van der Waals surface area contributed by atoms with Gasteiger partial charge in [-0.2, -0.15) is 0 Å². The molecule has 0 aliphatic heterocycles. The molecule has 1 amide bonds. The number of hydrogen-bond acceptors (Lipinski definition) is 3. The van der Waals surface area contributed by atoms with Gasteiger partial charge in [0.15, 0.2) is 0 Å². The van der Waals surface area contributed by atoms with E-state index in [-0.39, 0.29) is 5.56 Å². The van der Waals surface area contributed by atoms with Gasteiger partial charge < -0.3 is 15.4 Å². The number of halogens is 1. The smallest absolute Gasteiger partial charge is 0.261 e. The zero-order chi connectivity index (χ0) is 15.6. The number of nitrogen functional groups attached to an aromatic ring is 1. The first-order chi connectivity index (χ1) is 9.93. The van der Waals surface area contributed by atoms with Gasteiger partial charge in [-0.3, -0.25) is 4.79 Å². The molecule has 0 unspecified atom stereocenters. The Morgan fingerprint density at radius 3 is 2.43 bits per heavy atom. The van der Waals surface area contributed by atoms with E-state index in [1.807, 2.05) is 0 Å². The van der Waals surface area contributed by atoms with Crippen LogP contribution in [-0.4, -0.2) is 20.1 Å². The fourth-order valence-electron chi connectivity index (χ4n) is 2.06. The first-order valence-electron chi connectivity index (χ1n) is 6.41. The predicted molar refractivity (Wildman–Crippen MR) is 81.3 cm³/mol. The first kappa shape index (κ1) is 14.8. The van der Waals surface area contributed by atoms with Crippen LogP contribution in [0.4, 0.5) is 15.8 Å². The Hall–Kier alpha value is -2.56. The number of rotatable bonds is 3. The van der Waals surface area contributed by atoms with Crippen molar-refractivity contribution in [2.24, 2.45) is 0 Å². The van der Waals surface area contributed by atoms with Crippen molar-refractivity contribution in [1.82, 2.24) is 0 Å². The molecule has 0 aliphatic rings. The van der Waals surface area contributed by atoms with Gasteiger partial charge in [-0.05, 0) is 48.9 Å². The summed E-state index contributed by atoms with van der Waals surface area (Å²) in [6, 6.07) is 9.78. The summed E-state index contributed by atoms with van der Waals surface area (Å²) in [6.45, 7) is 1.58. The average Bonchev–Trinajstić information content (AvgIpc) is 2.49. The quantitative estimate of drug-likeness (QED) is 0.883. The minimum Gasteiger partial charge on any atom is -0.497 e. The van der Waals surface area contributed by atoms with E-state index in [0.29, 0.717) is 22.7 Å². The van der Waals surface area contributed by atoms with Crippen molar-refractivity contribution >= 4 is 17.3 Å². The highest BCUT2D eigenvalue weighted by molar-refractivity contribution is 6.06. The maximum atomic E-state index is 14.1. The molecule has 0 atom stereocenters. The molecular formula is C16H17FN2O2. The Bertz CT molecular complexity index is 669. The third kappa shape index (κ3) is 2.97. The molecular weight excluding hydrogens is 271 g/mol. The number of benzene rings is 2. The molecule has 2 aromatic rings. The average molecular weight is 288 g/mol. The Kier molecular flexibility index (Phi) is 4.12. The third-order valence-corrected chi connectivity index (χ3v) is 3.27. The lowest BCUT2D eigenvalue weighted by Crippen LogP contribution is -2.27. The number of carbonyl (C=O) groups excluding carboxylic acids is 1. The molecule has 0 heterocycles. The SMILES string of the molecule is COc1ccc(N(C)C(=O)c2cc(N)cc(C)c2F)cc1. The number of ether oxygens (including phenoxy) is 1. The van der Waals surface area contributed by atoms with Gasteiger partial charge in [0.25, 0.3) is 5.91 Å². The van der Waals surface area contributed by atoms with E-state index in [2.05, 4.69) is 0 Å².